The number of Topliss-reactive ketones (excluding diaryl/α,β-unsaturated/α-hetero) is 1. The van der Waals surface area contributed by atoms with E-state index in [1.165, 1.54) is 12.4 Å². The third-order valence-electron chi connectivity index (χ3n) is 4.51. The Hall–Kier alpha value is -2.98. The third kappa shape index (κ3) is 5.05. The maximum absolute atomic E-state index is 12.5. The molecule has 0 saturated carbocycles. The number of nitrogens with zero attached hydrogens (tertiary/aromatic N) is 4. The zero-order valence-corrected chi connectivity index (χ0v) is 15.9. The Kier molecular flexibility index (Phi) is 6.56. The fourth-order valence-electron chi connectivity index (χ4n) is 3.07. The molecule has 0 N–H and O–H groups in total. The molecule has 7 nitrogen and oxygen atoms in total. The van der Waals surface area contributed by atoms with Crippen molar-refractivity contribution in [2.45, 2.75) is 31.8 Å². The smallest absolute Gasteiger partial charge is 0.251 e. The highest BCUT2D eigenvalue weighted by Crippen LogP contribution is 2.20. The molecule has 1 aliphatic heterocycles. The number of piperidine rings is 1. The summed E-state index contributed by atoms with van der Waals surface area (Å²) in [6.45, 7) is 1.02. The van der Waals surface area contributed by atoms with Gasteiger partial charge in [-0.1, -0.05) is 11.6 Å². The van der Waals surface area contributed by atoms with Crippen molar-refractivity contribution in [3.05, 3.63) is 52.9 Å². The molecule has 1 aliphatic rings. The SMILES string of the molecule is N#Cc1nccnc1OC1CCCN(C(=O)CCC(=O)c2ccc(Cl)cc2)C1. The Morgan fingerprint density at radius 3 is 2.71 bits per heavy atom. The molecule has 144 valence electrons. The van der Waals surface area contributed by atoms with E-state index in [1.807, 2.05) is 6.07 Å². The molecule has 0 spiro atoms. The van der Waals surface area contributed by atoms with Gasteiger partial charge < -0.3 is 9.64 Å². The van der Waals surface area contributed by atoms with Gasteiger partial charge in [-0.15, -0.1) is 0 Å². The number of amides is 1. The molecule has 1 atom stereocenters. The summed E-state index contributed by atoms with van der Waals surface area (Å²) in [5.74, 6) is 0.00512. The highest BCUT2D eigenvalue weighted by Gasteiger charge is 2.26. The third-order valence-corrected chi connectivity index (χ3v) is 4.76. The lowest BCUT2D eigenvalue weighted by Gasteiger charge is -2.32. The molecule has 8 heteroatoms. The van der Waals surface area contributed by atoms with E-state index < -0.39 is 0 Å². The van der Waals surface area contributed by atoms with Crippen molar-refractivity contribution >= 4 is 23.3 Å². The Morgan fingerprint density at radius 2 is 1.96 bits per heavy atom. The molecule has 1 unspecified atom stereocenters. The van der Waals surface area contributed by atoms with E-state index in [-0.39, 0.29) is 42.2 Å². The van der Waals surface area contributed by atoms with Gasteiger partial charge in [0.05, 0.1) is 6.54 Å². The zero-order valence-electron chi connectivity index (χ0n) is 15.2. The van der Waals surface area contributed by atoms with Crippen LogP contribution in [0.4, 0.5) is 0 Å². The molecule has 2 heterocycles. The normalized spacial score (nSPS) is 16.3. The first kappa shape index (κ1) is 19.8. The molecule has 1 amide bonds. The van der Waals surface area contributed by atoms with Crippen LogP contribution in [0.3, 0.4) is 0 Å². The van der Waals surface area contributed by atoms with Crippen LogP contribution >= 0.6 is 11.6 Å². The molecule has 0 aliphatic carbocycles. The molecule has 1 saturated heterocycles. The summed E-state index contributed by atoms with van der Waals surface area (Å²) in [4.78, 5) is 34.4. The number of ketones is 1. The molecular formula is C20H19ClN4O3. The lowest BCUT2D eigenvalue weighted by Crippen LogP contribution is -2.44. The van der Waals surface area contributed by atoms with E-state index in [9.17, 15) is 9.59 Å². The Morgan fingerprint density at radius 1 is 1.21 bits per heavy atom. The van der Waals surface area contributed by atoms with Crippen molar-refractivity contribution in [1.82, 2.24) is 14.9 Å². The molecule has 3 rings (SSSR count). The number of hydrogen-bond acceptors (Lipinski definition) is 6. The van der Waals surface area contributed by atoms with E-state index >= 15 is 0 Å². The van der Waals surface area contributed by atoms with Crippen LogP contribution in [0.25, 0.3) is 0 Å². The number of carbonyl (C=O) groups excluding carboxylic acids is 2. The summed E-state index contributed by atoms with van der Waals surface area (Å²) >= 11 is 5.83. The number of halogens is 1. The molecule has 0 radical (unpaired) electrons. The Labute approximate surface area is 167 Å². The van der Waals surface area contributed by atoms with E-state index in [0.29, 0.717) is 23.7 Å². The summed E-state index contributed by atoms with van der Waals surface area (Å²) in [5.41, 5.74) is 0.670. The van der Waals surface area contributed by atoms with Crippen molar-refractivity contribution in [2.24, 2.45) is 0 Å². The molecule has 1 aromatic carbocycles. The van der Waals surface area contributed by atoms with Gasteiger partial charge in [0, 0.05) is 42.4 Å². The maximum Gasteiger partial charge on any atom is 0.251 e. The summed E-state index contributed by atoms with van der Waals surface area (Å²) in [5, 5.41) is 9.65. The van der Waals surface area contributed by atoms with Gasteiger partial charge in [-0.05, 0) is 37.1 Å². The lowest BCUT2D eigenvalue weighted by atomic mass is 10.0. The second-order valence-corrected chi connectivity index (χ2v) is 6.91. The monoisotopic (exact) mass is 398 g/mol. The first-order valence-corrected chi connectivity index (χ1v) is 9.39. The fraction of sp³-hybridized carbons (Fsp3) is 0.350. The maximum atomic E-state index is 12.5. The highest BCUT2D eigenvalue weighted by atomic mass is 35.5. The Bertz CT molecular complexity index is 895. The van der Waals surface area contributed by atoms with Crippen molar-refractivity contribution in [3.63, 3.8) is 0 Å². The predicted molar refractivity (Wildman–Crippen MR) is 102 cm³/mol. The lowest BCUT2D eigenvalue weighted by molar-refractivity contribution is -0.133. The Balaban J connectivity index is 1.53. The fourth-order valence-corrected chi connectivity index (χ4v) is 3.19. The molecule has 1 aromatic heterocycles. The van der Waals surface area contributed by atoms with Crippen molar-refractivity contribution in [1.29, 1.82) is 5.26 Å². The van der Waals surface area contributed by atoms with Gasteiger partial charge in [0.15, 0.2) is 5.78 Å². The number of likely N-dealkylation sites (tertiary alicyclic amines) is 1. The van der Waals surface area contributed by atoms with E-state index in [1.54, 1.807) is 29.2 Å². The number of hydrogen-bond donors (Lipinski definition) is 0. The summed E-state index contributed by atoms with van der Waals surface area (Å²) in [6.07, 6.45) is 4.46. The van der Waals surface area contributed by atoms with E-state index in [4.69, 9.17) is 21.6 Å². The summed E-state index contributed by atoms with van der Waals surface area (Å²) in [7, 11) is 0. The zero-order chi connectivity index (χ0) is 19.9. The molecule has 0 bridgehead atoms. The second-order valence-electron chi connectivity index (χ2n) is 6.47. The van der Waals surface area contributed by atoms with Gasteiger partial charge in [0.25, 0.3) is 5.88 Å². The average Bonchev–Trinajstić information content (AvgIpc) is 2.73. The van der Waals surface area contributed by atoms with Crippen molar-refractivity contribution in [2.75, 3.05) is 13.1 Å². The number of rotatable bonds is 6. The number of carbonyl (C=O) groups is 2. The van der Waals surface area contributed by atoms with Crippen LogP contribution in [0.15, 0.2) is 36.7 Å². The van der Waals surface area contributed by atoms with Crippen LogP contribution < -0.4 is 4.74 Å². The van der Waals surface area contributed by atoms with E-state index in [2.05, 4.69) is 9.97 Å². The summed E-state index contributed by atoms with van der Waals surface area (Å²) < 4.78 is 5.79. The van der Waals surface area contributed by atoms with Gasteiger partial charge in [0.2, 0.25) is 11.6 Å². The molecule has 28 heavy (non-hydrogen) atoms. The topological polar surface area (TPSA) is 96.2 Å². The largest absolute Gasteiger partial charge is 0.470 e. The van der Waals surface area contributed by atoms with Crippen LogP contribution in [0.5, 0.6) is 5.88 Å². The average molecular weight is 399 g/mol. The molecular weight excluding hydrogens is 380 g/mol. The number of aromatic nitrogens is 2. The van der Waals surface area contributed by atoms with Crippen molar-refractivity contribution < 1.29 is 14.3 Å². The van der Waals surface area contributed by atoms with Crippen molar-refractivity contribution in [3.8, 4) is 11.9 Å². The van der Waals surface area contributed by atoms with Gasteiger partial charge in [-0.2, -0.15) is 5.26 Å². The minimum absolute atomic E-state index is 0.0877. The van der Waals surface area contributed by atoms with Gasteiger partial charge in [-0.25, -0.2) is 9.97 Å². The standard InChI is InChI=1S/C20H19ClN4O3/c21-15-5-3-14(4-6-15)18(26)7-8-19(27)25-11-1-2-16(13-25)28-20-17(12-22)23-9-10-24-20/h3-6,9-10,16H,1-2,7-8,11,13H2. The quantitative estimate of drug-likeness (QED) is 0.694. The molecule has 2 aromatic rings. The number of ether oxygens (including phenoxy) is 1. The minimum Gasteiger partial charge on any atom is -0.470 e. The van der Waals surface area contributed by atoms with Gasteiger partial charge in [0.1, 0.15) is 12.2 Å². The minimum atomic E-state index is -0.256. The first-order chi connectivity index (χ1) is 13.6. The number of benzene rings is 1. The van der Waals surface area contributed by atoms with Crippen LogP contribution in [0.1, 0.15) is 41.7 Å². The summed E-state index contributed by atoms with van der Waals surface area (Å²) in [6, 6.07) is 8.58. The number of nitriles is 1. The van der Waals surface area contributed by atoms with Gasteiger partial charge >= 0.3 is 0 Å². The second kappa shape index (κ2) is 9.29. The van der Waals surface area contributed by atoms with Crippen LogP contribution in [-0.4, -0.2) is 45.8 Å². The highest BCUT2D eigenvalue weighted by molar-refractivity contribution is 6.30. The van der Waals surface area contributed by atoms with Crippen LogP contribution in [0, 0.1) is 11.3 Å². The van der Waals surface area contributed by atoms with Crippen LogP contribution in [0.2, 0.25) is 5.02 Å². The molecule has 1 fully saturated rings. The van der Waals surface area contributed by atoms with Gasteiger partial charge in [-0.3, -0.25) is 9.59 Å². The predicted octanol–water partition coefficient (Wildman–Crippen LogP) is 3.03. The first-order valence-electron chi connectivity index (χ1n) is 9.01. The van der Waals surface area contributed by atoms with E-state index in [0.717, 1.165) is 12.8 Å². The van der Waals surface area contributed by atoms with Crippen LogP contribution in [-0.2, 0) is 4.79 Å².